The van der Waals surface area contributed by atoms with E-state index in [0.29, 0.717) is 22.8 Å². The molecule has 1 N–H and O–H groups in total. The van der Waals surface area contributed by atoms with Crippen molar-refractivity contribution in [1.82, 2.24) is 20.1 Å². The molecule has 0 atom stereocenters. The molecular formula is C18H19ClN4O2. The highest BCUT2D eigenvalue weighted by Crippen LogP contribution is 2.29. The predicted molar refractivity (Wildman–Crippen MR) is 96.8 cm³/mol. The molecule has 0 spiro atoms. The van der Waals surface area contributed by atoms with Crippen LogP contribution in [0.15, 0.2) is 42.9 Å². The van der Waals surface area contributed by atoms with E-state index in [2.05, 4.69) is 15.4 Å². The number of benzene rings is 1. The quantitative estimate of drug-likeness (QED) is 0.659. The second-order valence-electron chi connectivity index (χ2n) is 5.72. The third-order valence-corrected chi connectivity index (χ3v) is 4.02. The summed E-state index contributed by atoms with van der Waals surface area (Å²) in [6.45, 7) is 3.27. The Kier molecular flexibility index (Phi) is 5.50. The van der Waals surface area contributed by atoms with E-state index in [0.717, 1.165) is 23.9 Å². The molecule has 3 rings (SSSR count). The van der Waals surface area contributed by atoms with Gasteiger partial charge in [0.2, 0.25) is 0 Å². The van der Waals surface area contributed by atoms with Crippen molar-refractivity contribution in [2.24, 2.45) is 0 Å². The van der Waals surface area contributed by atoms with Crippen LogP contribution in [0.2, 0.25) is 5.02 Å². The fourth-order valence-electron chi connectivity index (χ4n) is 2.48. The average Bonchev–Trinajstić information content (AvgIpc) is 3.04. The molecule has 3 aromatic rings. The molecule has 0 unspecified atom stereocenters. The standard InChI is InChI=1S/C18H19ClN4O2/c1-13-10-22-23(11-13)9-3-8-20-17(24)12-25-16-6-5-15(19)14-4-2-7-21-18(14)16/h2,4-7,10-11H,3,8-9,12H2,1H3,(H,20,24). The molecule has 1 aromatic carbocycles. The second kappa shape index (κ2) is 7.98. The van der Waals surface area contributed by atoms with E-state index in [4.69, 9.17) is 16.3 Å². The van der Waals surface area contributed by atoms with Crippen molar-refractivity contribution in [2.75, 3.05) is 13.2 Å². The van der Waals surface area contributed by atoms with Crippen molar-refractivity contribution in [2.45, 2.75) is 19.9 Å². The van der Waals surface area contributed by atoms with Crippen LogP contribution in [0.4, 0.5) is 0 Å². The normalized spacial score (nSPS) is 10.8. The van der Waals surface area contributed by atoms with Crippen LogP contribution in [-0.4, -0.2) is 33.8 Å². The van der Waals surface area contributed by atoms with E-state index in [1.54, 1.807) is 18.3 Å². The molecule has 0 aliphatic carbocycles. The summed E-state index contributed by atoms with van der Waals surface area (Å²) in [5, 5.41) is 8.45. The Morgan fingerprint density at radius 1 is 1.36 bits per heavy atom. The highest BCUT2D eigenvalue weighted by atomic mass is 35.5. The van der Waals surface area contributed by atoms with Crippen molar-refractivity contribution in [3.05, 3.63) is 53.4 Å². The molecule has 0 saturated heterocycles. The van der Waals surface area contributed by atoms with Crippen LogP contribution >= 0.6 is 11.6 Å². The van der Waals surface area contributed by atoms with Gasteiger partial charge in [0.05, 0.1) is 11.2 Å². The Bertz CT molecular complexity index is 878. The average molecular weight is 359 g/mol. The summed E-state index contributed by atoms with van der Waals surface area (Å²) >= 11 is 6.15. The number of aromatic nitrogens is 3. The van der Waals surface area contributed by atoms with Crippen LogP contribution in [0, 0.1) is 6.92 Å². The van der Waals surface area contributed by atoms with Crippen molar-refractivity contribution in [3.63, 3.8) is 0 Å². The smallest absolute Gasteiger partial charge is 0.257 e. The minimum absolute atomic E-state index is 0.0613. The topological polar surface area (TPSA) is 69.0 Å². The molecule has 0 radical (unpaired) electrons. The van der Waals surface area contributed by atoms with Crippen LogP contribution in [0.25, 0.3) is 10.9 Å². The molecule has 2 heterocycles. The number of nitrogens with zero attached hydrogens (tertiary/aromatic N) is 3. The number of ether oxygens (including phenoxy) is 1. The Morgan fingerprint density at radius 2 is 2.24 bits per heavy atom. The van der Waals surface area contributed by atoms with E-state index in [9.17, 15) is 4.79 Å². The van der Waals surface area contributed by atoms with Gasteiger partial charge in [-0.15, -0.1) is 0 Å². The maximum Gasteiger partial charge on any atom is 0.257 e. The number of carbonyl (C=O) groups excluding carboxylic acids is 1. The van der Waals surface area contributed by atoms with E-state index in [1.165, 1.54) is 0 Å². The number of hydrogen-bond donors (Lipinski definition) is 1. The number of aryl methyl sites for hydroxylation is 2. The van der Waals surface area contributed by atoms with Gasteiger partial charge in [0.1, 0.15) is 11.3 Å². The second-order valence-corrected chi connectivity index (χ2v) is 6.13. The Balaban J connectivity index is 1.47. The van der Waals surface area contributed by atoms with Crippen LogP contribution in [0.3, 0.4) is 0 Å². The number of halogens is 1. The van der Waals surface area contributed by atoms with Gasteiger partial charge in [-0.25, -0.2) is 0 Å². The fourth-order valence-corrected chi connectivity index (χ4v) is 2.70. The summed E-state index contributed by atoms with van der Waals surface area (Å²) < 4.78 is 7.47. The Morgan fingerprint density at radius 3 is 3.04 bits per heavy atom. The highest BCUT2D eigenvalue weighted by molar-refractivity contribution is 6.35. The summed E-state index contributed by atoms with van der Waals surface area (Å²) in [7, 11) is 0. The molecule has 7 heteroatoms. The minimum atomic E-state index is -0.171. The minimum Gasteiger partial charge on any atom is -0.481 e. The van der Waals surface area contributed by atoms with Gasteiger partial charge >= 0.3 is 0 Å². The lowest BCUT2D eigenvalue weighted by atomic mass is 10.2. The monoisotopic (exact) mass is 358 g/mol. The summed E-state index contributed by atoms with van der Waals surface area (Å²) in [5.74, 6) is 0.373. The molecule has 0 fully saturated rings. The number of fused-ring (bicyclic) bond motifs is 1. The van der Waals surface area contributed by atoms with Gasteiger partial charge in [0.25, 0.3) is 5.91 Å². The molecule has 25 heavy (non-hydrogen) atoms. The molecule has 2 aromatic heterocycles. The summed E-state index contributed by atoms with van der Waals surface area (Å²) in [6.07, 6.45) is 6.27. The van der Waals surface area contributed by atoms with Gasteiger partial charge in [-0.05, 0) is 43.2 Å². The zero-order valence-corrected chi connectivity index (χ0v) is 14.7. The van der Waals surface area contributed by atoms with Crippen LogP contribution in [0.1, 0.15) is 12.0 Å². The van der Waals surface area contributed by atoms with Crippen molar-refractivity contribution < 1.29 is 9.53 Å². The van der Waals surface area contributed by atoms with Gasteiger partial charge in [-0.3, -0.25) is 14.5 Å². The highest BCUT2D eigenvalue weighted by Gasteiger charge is 2.09. The zero-order chi connectivity index (χ0) is 17.6. The lowest BCUT2D eigenvalue weighted by Crippen LogP contribution is -2.30. The molecule has 0 bridgehead atoms. The van der Waals surface area contributed by atoms with Crippen LogP contribution in [-0.2, 0) is 11.3 Å². The molecule has 0 saturated carbocycles. The predicted octanol–water partition coefficient (Wildman–Crippen LogP) is 2.98. The van der Waals surface area contributed by atoms with Crippen molar-refractivity contribution in [3.8, 4) is 5.75 Å². The van der Waals surface area contributed by atoms with Gasteiger partial charge in [0, 0.05) is 30.9 Å². The first-order chi connectivity index (χ1) is 12.1. The van der Waals surface area contributed by atoms with E-state index in [1.807, 2.05) is 36.1 Å². The number of carbonyl (C=O) groups is 1. The van der Waals surface area contributed by atoms with Crippen LogP contribution in [0.5, 0.6) is 5.75 Å². The van der Waals surface area contributed by atoms with Gasteiger partial charge < -0.3 is 10.1 Å². The van der Waals surface area contributed by atoms with E-state index < -0.39 is 0 Å². The molecule has 1 amide bonds. The Hall–Kier alpha value is -2.60. The number of pyridine rings is 1. The molecule has 130 valence electrons. The zero-order valence-electron chi connectivity index (χ0n) is 13.9. The number of amides is 1. The SMILES string of the molecule is Cc1cnn(CCCNC(=O)COc2ccc(Cl)c3cccnc23)c1. The van der Waals surface area contributed by atoms with Crippen molar-refractivity contribution >= 4 is 28.4 Å². The summed E-state index contributed by atoms with van der Waals surface area (Å²) in [5.41, 5.74) is 1.78. The first kappa shape index (κ1) is 17.2. The molecule has 0 aliphatic heterocycles. The summed E-state index contributed by atoms with van der Waals surface area (Å²) in [6, 6.07) is 7.15. The molecule has 6 nitrogen and oxygen atoms in total. The first-order valence-electron chi connectivity index (χ1n) is 8.05. The molecule has 0 aliphatic rings. The summed E-state index contributed by atoms with van der Waals surface area (Å²) in [4.78, 5) is 16.2. The maximum atomic E-state index is 11.9. The number of nitrogens with one attached hydrogen (secondary N) is 1. The van der Waals surface area contributed by atoms with Gasteiger partial charge in [-0.1, -0.05) is 11.6 Å². The first-order valence-corrected chi connectivity index (χ1v) is 8.43. The van der Waals surface area contributed by atoms with E-state index in [-0.39, 0.29) is 12.5 Å². The van der Waals surface area contributed by atoms with Gasteiger partial charge in [0.15, 0.2) is 6.61 Å². The third kappa shape index (κ3) is 4.48. The third-order valence-electron chi connectivity index (χ3n) is 3.69. The van der Waals surface area contributed by atoms with E-state index >= 15 is 0 Å². The number of rotatable bonds is 7. The largest absolute Gasteiger partial charge is 0.481 e. The maximum absolute atomic E-state index is 11.9. The van der Waals surface area contributed by atoms with Crippen molar-refractivity contribution in [1.29, 1.82) is 0 Å². The Labute approximate surface area is 150 Å². The van der Waals surface area contributed by atoms with Gasteiger partial charge in [-0.2, -0.15) is 5.10 Å². The van der Waals surface area contributed by atoms with Crippen LogP contribution < -0.4 is 10.1 Å². The fraction of sp³-hybridized carbons (Fsp3) is 0.278. The number of hydrogen-bond acceptors (Lipinski definition) is 4. The lowest BCUT2D eigenvalue weighted by molar-refractivity contribution is -0.123. The molecular weight excluding hydrogens is 340 g/mol. The lowest BCUT2D eigenvalue weighted by Gasteiger charge is -2.10.